The SMILES string of the molecule is COc1cc(C)ccc1C(C)NC1CCCCC1CO. The molecule has 3 atom stereocenters. The summed E-state index contributed by atoms with van der Waals surface area (Å²) in [6.45, 7) is 4.54. The Morgan fingerprint density at radius 2 is 2.10 bits per heavy atom. The van der Waals surface area contributed by atoms with Gasteiger partial charge in [-0.2, -0.15) is 0 Å². The molecule has 2 N–H and O–H groups in total. The summed E-state index contributed by atoms with van der Waals surface area (Å²) in [5.41, 5.74) is 2.41. The van der Waals surface area contributed by atoms with Crippen LogP contribution in [-0.2, 0) is 0 Å². The van der Waals surface area contributed by atoms with Gasteiger partial charge in [0.25, 0.3) is 0 Å². The van der Waals surface area contributed by atoms with E-state index >= 15 is 0 Å². The molecule has 1 aliphatic carbocycles. The Balaban J connectivity index is 2.09. The summed E-state index contributed by atoms with van der Waals surface area (Å²) in [4.78, 5) is 0. The maximum atomic E-state index is 9.52. The van der Waals surface area contributed by atoms with Gasteiger partial charge in [-0.15, -0.1) is 0 Å². The zero-order valence-electron chi connectivity index (χ0n) is 12.9. The third kappa shape index (κ3) is 3.53. The number of nitrogens with one attached hydrogen (secondary N) is 1. The second kappa shape index (κ2) is 7.09. The van der Waals surface area contributed by atoms with E-state index in [2.05, 4.69) is 37.4 Å². The van der Waals surface area contributed by atoms with Crippen molar-refractivity contribution in [1.82, 2.24) is 5.32 Å². The van der Waals surface area contributed by atoms with Gasteiger partial charge in [0, 0.05) is 24.3 Å². The Kier molecular flexibility index (Phi) is 5.44. The molecule has 1 saturated carbocycles. The Morgan fingerprint density at radius 3 is 2.80 bits per heavy atom. The highest BCUT2D eigenvalue weighted by Crippen LogP contribution is 2.30. The van der Waals surface area contributed by atoms with Crippen LogP contribution >= 0.6 is 0 Å². The van der Waals surface area contributed by atoms with E-state index in [-0.39, 0.29) is 12.6 Å². The van der Waals surface area contributed by atoms with Crippen LogP contribution in [0, 0.1) is 12.8 Å². The maximum absolute atomic E-state index is 9.52. The van der Waals surface area contributed by atoms with E-state index in [0.717, 1.165) is 18.6 Å². The molecule has 1 aromatic carbocycles. The number of aliphatic hydroxyl groups is 1. The molecule has 0 bridgehead atoms. The molecule has 0 aromatic heterocycles. The Labute approximate surface area is 122 Å². The normalized spacial score (nSPS) is 24.4. The van der Waals surface area contributed by atoms with Crippen molar-refractivity contribution in [2.24, 2.45) is 5.92 Å². The molecule has 20 heavy (non-hydrogen) atoms. The molecule has 1 aromatic rings. The van der Waals surface area contributed by atoms with Crippen LogP contribution < -0.4 is 10.1 Å². The van der Waals surface area contributed by atoms with E-state index in [1.807, 2.05) is 0 Å². The first-order valence-electron chi connectivity index (χ1n) is 7.67. The van der Waals surface area contributed by atoms with Crippen molar-refractivity contribution >= 4 is 0 Å². The summed E-state index contributed by atoms with van der Waals surface area (Å²) in [6, 6.07) is 7.00. The molecule has 1 aliphatic rings. The number of hydrogen-bond acceptors (Lipinski definition) is 3. The van der Waals surface area contributed by atoms with E-state index in [0.29, 0.717) is 12.0 Å². The molecule has 112 valence electrons. The average molecular weight is 277 g/mol. The molecule has 3 unspecified atom stereocenters. The number of aryl methyl sites for hydroxylation is 1. The number of aliphatic hydroxyl groups excluding tert-OH is 1. The first-order valence-corrected chi connectivity index (χ1v) is 7.67. The van der Waals surface area contributed by atoms with Crippen molar-refractivity contribution in [3.63, 3.8) is 0 Å². The minimum atomic E-state index is 0.239. The van der Waals surface area contributed by atoms with Gasteiger partial charge in [0.15, 0.2) is 0 Å². The van der Waals surface area contributed by atoms with Crippen LogP contribution in [0.15, 0.2) is 18.2 Å². The second-order valence-electron chi connectivity index (χ2n) is 5.97. The highest BCUT2D eigenvalue weighted by molar-refractivity contribution is 5.39. The van der Waals surface area contributed by atoms with Crippen molar-refractivity contribution in [2.45, 2.75) is 51.6 Å². The summed E-state index contributed by atoms with van der Waals surface area (Å²) in [5.74, 6) is 1.34. The lowest BCUT2D eigenvalue weighted by atomic mass is 9.84. The molecular weight excluding hydrogens is 250 g/mol. The molecule has 0 amide bonds. The van der Waals surface area contributed by atoms with E-state index in [1.165, 1.54) is 24.0 Å². The molecule has 0 radical (unpaired) electrons. The van der Waals surface area contributed by atoms with Gasteiger partial charge in [-0.25, -0.2) is 0 Å². The fourth-order valence-electron chi connectivity index (χ4n) is 3.23. The minimum Gasteiger partial charge on any atom is -0.496 e. The van der Waals surface area contributed by atoms with Crippen molar-refractivity contribution in [3.05, 3.63) is 29.3 Å². The Bertz CT molecular complexity index is 433. The predicted molar refractivity (Wildman–Crippen MR) is 82.1 cm³/mol. The lowest BCUT2D eigenvalue weighted by Gasteiger charge is -2.33. The molecule has 3 heteroatoms. The first kappa shape index (κ1) is 15.3. The topological polar surface area (TPSA) is 41.5 Å². The minimum absolute atomic E-state index is 0.239. The largest absolute Gasteiger partial charge is 0.496 e. The molecule has 0 spiro atoms. The van der Waals surface area contributed by atoms with E-state index in [4.69, 9.17) is 4.74 Å². The van der Waals surface area contributed by atoms with E-state index in [9.17, 15) is 5.11 Å². The van der Waals surface area contributed by atoms with Crippen LogP contribution in [0.3, 0.4) is 0 Å². The number of methoxy groups -OCH3 is 1. The van der Waals surface area contributed by atoms with Crippen molar-refractivity contribution in [3.8, 4) is 5.75 Å². The standard InChI is InChI=1S/C17H27NO2/c1-12-8-9-15(17(10-12)20-3)13(2)18-16-7-5-4-6-14(16)11-19/h8-10,13-14,16,18-19H,4-7,11H2,1-3H3. The maximum Gasteiger partial charge on any atom is 0.123 e. The number of rotatable bonds is 5. The molecule has 0 saturated heterocycles. The number of hydrogen-bond donors (Lipinski definition) is 2. The van der Waals surface area contributed by atoms with Crippen molar-refractivity contribution in [1.29, 1.82) is 0 Å². The van der Waals surface area contributed by atoms with E-state index < -0.39 is 0 Å². The third-order valence-corrected chi connectivity index (χ3v) is 4.46. The summed E-state index contributed by atoms with van der Waals surface area (Å²) in [5, 5.41) is 13.2. The van der Waals surface area contributed by atoms with Crippen LogP contribution in [0.4, 0.5) is 0 Å². The summed E-state index contributed by atoms with van der Waals surface area (Å²) >= 11 is 0. The summed E-state index contributed by atoms with van der Waals surface area (Å²) in [7, 11) is 1.72. The molecule has 3 nitrogen and oxygen atoms in total. The van der Waals surface area contributed by atoms with Crippen LogP contribution in [-0.4, -0.2) is 24.9 Å². The lowest BCUT2D eigenvalue weighted by Crippen LogP contribution is -2.41. The van der Waals surface area contributed by atoms with Crippen molar-refractivity contribution < 1.29 is 9.84 Å². The first-order chi connectivity index (χ1) is 9.65. The summed E-state index contributed by atoms with van der Waals surface area (Å²) < 4.78 is 5.50. The quantitative estimate of drug-likeness (QED) is 0.868. The van der Waals surface area contributed by atoms with Crippen LogP contribution in [0.2, 0.25) is 0 Å². The van der Waals surface area contributed by atoms with Gasteiger partial charge in [-0.3, -0.25) is 0 Å². The second-order valence-corrected chi connectivity index (χ2v) is 5.97. The van der Waals surface area contributed by atoms with Gasteiger partial charge in [-0.05, 0) is 44.2 Å². The van der Waals surface area contributed by atoms with Gasteiger partial charge in [0.05, 0.1) is 7.11 Å². The fraction of sp³-hybridized carbons (Fsp3) is 0.647. The monoisotopic (exact) mass is 277 g/mol. The van der Waals surface area contributed by atoms with E-state index in [1.54, 1.807) is 7.11 Å². The van der Waals surface area contributed by atoms with Gasteiger partial charge >= 0.3 is 0 Å². The van der Waals surface area contributed by atoms with Gasteiger partial charge in [-0.1, -0.05) is 25.0 Å². The van der Waals surface area contributed by atoms with Crippen LogP contribution in [0.25, 0.3) is 0 Å². The van der Waals surface area contributed by atoms with Crippen LogP contribution in [0.5, 0.6) is 5.75 Å². The zero-order valence-corrected chi connectivity index (χ0v) is 12.9. The smallest absolute Gasteiger partial charge is 0.123 e. The highest BCUT2D eigenvalue weighted by Gasteiger charge is 2.26. The molecule has 1 fully saturated rings. The molecular formula is C17H27NO2. The third-order valence-electron chi connectivity index (χ3n) is 4.46. The molecule has 0 aliphatic heterocycles. The van der Waals surface area contributed by atoms with Gasteiger partial charge < -0.3 is 15.2 Å². The number of ether oxygens (including phenoxy) is 1. The summed E-state index contributed by atoms with van der Waals surface area (Å²) in [6.07, 6.45) is 4.78. The molecule has 2 rings (SSSR count). The fourth-order valence-corrected chi connectivity index (χ4v) is 3.23. The van der Waals surface area contributed by atoms with Crippen molar-refractivity contribution in [2.75, 3.05) is 13.7 Å². The molecule has 0 heterocycles. The highest BCUT2D eigenvalue weighted by atomic mass is 16.5. The van der Waals surface area contributed by atoms with Gasteiger partial charge in [0.2, 0.25) is 0 Å². The Hall–Kier alpha value is -1.06. The van der Waals surface area contributed by atoms with Gasteiger partial charge in [0.1, 0.15) is 5.75 Å². The Morgan fingerprint density at radius 1 is 1.35 bits per heavy atom. The van der Waals surface area contributed by atoms with Crippen LogP contribution in [0.1, 0.15) is 49.8 Å². The zero-order chi connectivity index (χ0) is 14.5. The average Bonchev–Trinajstić information content (AvgIpc) is 2.47. The lowest BCUT2D eigenvalue weighted by molar-refractivity contribution is 0.147. The number of benzene rings is 1. The predicted octanol–water partition coefficient (Wildman–Crippen LogP) is 3.21.